The fraction of sp³-hybridized carbons (Fsp3) is 0.600. The zero-order valence-corrected chi connectivity index (χ0v) is 6.63. The summed E-state index contributed by atoms with van der Waals surface area (Å²) in [7, 11) is 0. The quantitative estimate of drug-likeness (QED) is 0.341. The summed E-state index contributed by atoms with van der Waals surface area (Å²) in [5, 5.41) is 8.98. The summed E-state index contributed by atoms with van der Waals surface area (Å²) in [6.07, 6.45) is 1.77. The van der Waals surface area contributed by atoms with Gasteiger partial charge in [-0.15, -0.1) is 0 Å². The number of halogens is 1. The normalized spacial score (nSPS) is 30.6. The zero-order chi connectivity index (χ0) is 5.98. The van der Waals surface area contributed by atoms with Gasteiger partial charge in [-0.25, -0.2) is 0 Å². The van der Waals surface area contributed by atoms with Crippen LogP contribution in [0.4, 0.5) is 0 Å². The Morgan fingerprint density at radius 3 is 3.00 bits per heavy atom. The van der Waals surface area contributed by atoms with Crippen LogP contribution in [0.25, 0.3) is 0 Å². The molecule has 3 heteroatoms. The summed E-state index contributed by atoms with van der Waals surface area (Å²) in [5.74, 6) is 0. The van der Waals surface area contributed by atoms with Gasteiger partial charge in [0.15, 0.2) is 0 Å². The van der Waals surface area contributed by atoms with Crippen LogP contribution in [0.1, 0.15) is 12.8 Å². The summed E-state index contributed by atoms with van der Waals surface area (Å²) in [6, 6.07) is 0. The van der Waals surface area contributed by atoms with Crippen LogP contribution >= 0.6 is 0 Å². The number of allylic oxidation sites excluding steroid dienone is 1. The van der Waals surface area contributed by atoms with Gasteiger partial charge < -0.3 is 0 Å². The Balaban J connectivity index is 2.42. The SMILES string of the molecule is NC1=C[I-]C(O)CC1. The van der Waals surface area contributed by atoms with Gasteiger partial charge in [0.25, 0.3) is 0 Å². The predicted molar refractivity (Wildman–Crippen MR) is 27.5 cm³/mol. The predicted octanol–water partition coefficient (Wildman–Crippen LogP) is -3.01. The molecule has 8 heavy (non-hydrogen) atoms. The van der Waals surface area contributed by atoms with Crippen LogP contribution in [0.3, 0.4) is 0 Å². The van der Waals surface area contributed by atoms with E-state index in [0.717, 1.165) is 18.5 Å². The van der Waals surface area contributed by atoms with Gasteiger partial charge in [-0.3, -0.25) is 0 Å². The van der Waals surface area contributed by atoms with Crippen molar-refractivity contribution in [3.63, 3.8) is 0 Å². The molecule has 0 saturated carbocycles. The van der Waals surface area contributed by atoms with E-state index in [-0.39, 0.29) is 25.3 Å². The Labute approximate surface area is 59.0 Å². The third-order valence-electron chi connectivity index (χ3n) is 1.02. The molecule has 0 aliphatic carbocycles. The number of aliphatic hydroxyl groups excluding tert-OH is 1. The van der Waals surface area contributed by atoms with E-state index in [1.807, 2.05) is 4.08 Å². The first-order valence-electron chi connectivity index (χ1n) is 2.53. The molecule has 1 unspecified atom stereocenters. The number of rotatable bonds is 0. The second-order valence-corrected chi connectivity index (χ2v) is 4.56. The van der Waals surface area contributed by atoms with E-state index >= 15 is 0 Å². The minimum atomic E-state index is -0.120. The Hall–Kier alpha value is 0.230. The summed E-state index contributed by atoms with van der Waals surface area (Å²) < 4.78 is 1.98. The van der Waals surface area contributed by atoms with Crippen LogP contribution in [0.2, 0.25) is 0 Å². The molecule has 0 bridgehead atoms. The maximum atomic E-state index is 8.98. The topological polar surface area (TPSA) is 46.2 Å². The molecule has 2 nitrogen and oxygen atoms in total. The molecule has 0 amide bonds. The van der Waals surface area contributed by atoms with Gasteiger partial charge in [0.1, 0.15) is 0 Å². The monoisotopic (exact) mass is 226 g/mol. The number of hydrogen-bond donors (Lipinski definition) is 2. The summed E-state index contributed by atoms with van der Waals surface area (Å²) in [4.78, 5) is 0. The standard InChI is InChI=1S/C5H9INO/c7-4-1-2-5(8)6-3-4/h3,5,8H,1-2,7H2/q-1. The Bertz CT molecular complexity index is 113. The molecule has 1 aliphatic heterocycles. The van der Waals surface area contributed by atoms with Crippen molar-refractivity contribution in [3.05, 3.63) is 9.78 Å². The van der Waals surface area contributed by atoms with Gasteiger partial charge in [0.2, 0.25) is 0 Å². The number of hydrogen-bond acceptors (Lipinski definition) is 2. The number of alkyl halides is 1. The van der Waals surface area contributed by atoms with Gasteiger partial charge in [-0.1, -0.05) is 0 Å². The Morgan fingerprint density at radius 1 is 1.88 bits per heavy atom. The van der Waals surface area contributed by atoms with Gasteiger partial charge in [0.05, 0.1) is 0 Å². The van der Waals surface area contributed by atoms with Crippen molar-refractivity contribution < 1.29 is 26.3 Å². The molecule has 0 aromatic heterocycles. The second-order valence-electron chi connectivity index (χ2n) is 1.78. The molecule has 1 rings (SSSR count). The Kier molecular flexibility index (Phi) is 2.13. The number of nitrogens with two attached hydrogens (primary N) is 1. The molecule has 0 aromatic carbocycles. The summed E-state index contributed by atoms with van der Waals surface area (Å²) in [6.45, 7) is 0. The van der Waals surface area contributed by atoms with Crippen LogP contribution in [-0.4, -0.2) is 9.22 Å². The van der Waals surface area contributed by atoms with Crippen molar-refractivity contribution in [2.24, 2.45) is 5.73 Å². The van der Waals surface area contributed by atoms with Crippen LogP contribution in [0, 0.1) is 0 Å². The van der Waals surface area contributed by atoms with Crippen LogP contribution < -0.4 is 26.9 Å². The Morgan fingerprint density at radius 2 is 2.62 bits per heavy atom. The van der Waals surface area contributed by atoms with Crippen LogP contribution in [0.5, 0.6) is 0 Å². The first kappa shape index (κ1) is 6.35. The first-order chi connectivity index (χ1) is 3.79. The van der Waals surface area contributed by atoms with Gasteiger partial charge >= 0.3 is 58.8 Å². The fourth-order valence-corrected chi connectivity index (χ4v) is 2.42. The number of aliphatic hydroxyl groups is 1. The summed E-state index contributed by atoms with van der Waals surface area (Å²) in [5.41, 5.74) is 6.45. The van der Waals surface area contributed by atoms with E-state index in [0.29, 0.717) is 0 Å². The fourth-order valence-electron chi connectivity index (χ4n) is 0.557. The molecule has 0 saturated heterocycles. The van der Waals surface area contributed by atoms with E-state index in [1.165, 1.54) is 0 Å². The summed E-state index contributed by atoms with van der Waals surface area (Å²) >= 11 is -0.120. The average molecular weight is 226 g/mol. The molecule has 0 aromatic rings. The molecule has 1 heterocycles. The van der Waals surface area contributed by atoms with Gasteiger partial charge in [-0.2, -0.15) is 0 Å². The van der Waals surface area contributed by atoms with E-state index < -0.39 is 0 Å². The molecule has 48 valence electrons. The molecule has 0 fully saturated rings. The van der Waals surface area contributed by atoms with Crippen molar-refractivity contribution in [2.45, 2.75) is 17.0 Å². The van der Waals surface area contributed by atoms with Crippen molar-refractivity contribution in [1.82, 2.24) is 0 Å². The van der Waals surface area contributed by atoms with Crippen molar-refractivity contribution in [3.8, 4) is 0 Å². The third-order valence-corrected chi connectivity index (χ3v) is 3.63. The van der Waals surface area contributed by atoms with Gasteiger partial charge in [-0.05, 0) is 0 Å². The molecule has 0 radical (unpaired) electrons. The zero-order valence-electron chi connectivity index (χ0n) is 4.47. The minimum absolute atomic E-state index is 0.0268. The average Bonchev–Trinajstić information content (AvgIpc) is 1.77. The maximum absolute atomic E-state index is 8.98. The van der Waals surface area contributed by atoms with E-state index in [4.69, 9.17) is 10.8 Å². The molecule has 0 spiro atoms. The van der Waals surface area contributed by atoms with Gasteiger partial charge in [0, 0.05) is 0 Å². The van der Waals surface area contributed by atoms with Crippen molar-refractivity contribution >= 4 is 0 Å². The van der Waals surface area contributed by atoms with Crippen molar-refractivity contribution in [2.75, 3.05) is 0 Å². The molecule has 3 N–H and O–H groups in total. The van der Waals surface area contributed by atoms with E-state index in [2.05, 4.69) is 0 Å². The second kappa shape index (κ2) is 2.68. The third kappa shape index (κ3) is 1.63. The molecule has 1 atom stereocenters. The molecule has 1 aliphatic rings. The van der Waals surface area contributed by atoms with E-state index in [1.54, 1.807) is 0 Å². The van der Waals surface area contributed by atoms with Crippen molar-refractivity contribution in [1.29, 1.82) is 0 Å². The van der Waals surface area contributed by atoms with Crippen LogP contribution in [-0.2, 0) is 0 Å². The van der Waals surface area contributed by atoms with E-state index in [9.17, 15) is 0 Å². The van der Waals surface area contributed by atoms with Crippen LogP contribution in [0.15, 0.2) is 9.78 Å². The molecular weight excluding hydrogens is 217 g/mol. The molecular formula is C5H9INO-. The first-order valence-corrected chi connectivity index (χ1v) is 5.03.